The Morgan fingerprint density at radius 3 is 2.55 bits per heavy atom. The van der Waals surface area contributed by atoms with E-state index in [1.54, 1.807) is 12.1 Å². The van der Waals surface area contributed by atoms with Crippen molar-refractivity contribution in [3.63, 3.8) is 0 Å². The molecule has 1 amide bonds. The Morgan fingerprint density at radius 2 is 1.95 bits per heavy atom. The van der Waals surface area contributed by atoms with Crippen LogP contribution in [-0.2, 0) is 16.6 Å². The quantitative estimate of drug-likeness (QED) is 0.781. The third-order valence-corrected chi connectivity index (χ3v) is 4.21. The fraction of sp³-hybridized carbons (Fsp3) is 0.133. The Labute approximate surface area is 128 Å². The summed E-state index contributed by atoms with van der Waals surface area (Å²) in [6.07, 6.45) is 6.53. The maximum Gasteiger partial charge on any atom is 0.251 e. The van der Waals surface area contributed by atoms with E-state index in [9.17, 15) is 13.2 Å². The summed E-state index contributed by atoms with van der Waals surface area (Å²) in [7, 11) is -3.65. The van der Waals surface area contributed by atoms with Gasteiger partial charge in [0.15, 0.2) is 0 Å². The molecule has 0 bridgehead atoms. The minimum absolute atomic E-state index is 0.0466. The van der Waals surface area contributed by atoms with Gasteiger partial charge < -0.3 is 9.73 Å². The number of carbonyl (C=O) groups is 1. The molecular formula is C15H14N2O4S. The number of amides is 1. The van der Waals surface area contributed by atoms with Crippen molar-refractivity contribution < 1.29 is 17.6 Å². The standard InChI is InChI=1S/C15H14N2O4S/c1-2-9-17-22(19,20)14-7-5-12(6-8-14)15(18)16-11-13-4-3-10-21-13/h1,3-8,10,17H,9,11H2,(H,16,18). The molecule has 2 rings (SSSR count). The van der Waals surface area contributed by atoms with Crippen LogP contribution in [0.15, 0.2) is 52.0 Å². The Kier molecular flexibility index (Phi) is 4.99. The molecule has 0 spiro atoms. The number of benzene rings is 1. The topological polar surface area (TPSA) is 88.4 Å². The summed E-state index contributed by atoms with van der Waals surface area (Å²) < 4.78 is 31.0. The van der Waals surface area contributed by atoms with Crippen LogP contribution in [0.25, 0.3) is 0 Å². The molecule has 2 N–H and O–H groups in total. The number of rotatable bonds is 6. The van der Waals surface area contributed by atoms with Crippen LogP contribution in [0, 0.1) is 12.3 Å². The lowest BCUT2D eigenvalue weighted by molar-refractivity contribution is 0.0948. The minimum atomic E-state index is -3.65. The SMILES string of the molecule is C#CCNS(=O)(=O)c1ccc(C(=O)NCc2ccco2)cc1. The zero-order chi connectivity index (χ0) is 16.0. The van der Waals surface area contributed by atoms with Crippen molar-refractivity contribution in [2.75, 3.05) is 6.54 Å². The van der Waals surface area contributed by atoms with E-state index in [0.29, 0.717) is 11.3 Å². The highest BCUT2D eigenvalue weighted by atomic mass is 32.2. The molecule has 0 aliphatic heterocycles. The van der Waals surface area contributed by atoms with E-state index in [1.807, 2.05) is 0 Å². The highest BCUT2D eigenvalue weighted by Gasteiger charge is 2.14. The number of hydrogen-bond acceptors (Lipinski definition) is 4. The minimum Gasteiger partial charge on any atom is -0.467 e. The molecule has 0 saturated carbocycles. The van der Waals surface area contributed by atoms with Crippen LogP contribution < -0.4 is 10.0 Å². The van der Waals surface area contributed by atoms with Crippen molar-refractivity contribution in [2.24, 2.45) is 0 Å². The van der Waals surface area contributed by atoms with E-state index in [4.69, 9.17) is 10.8 Å². The van der Waals surface area contributed by atoms with Crippen molar-refractivity contribution in [1.82, 2.24) is 10.0 Å². The highest BCUT2D eigenvalue weighted by molar-refractivity contribution is 7.89. The molecule has 6 nitrogen and oxygen atoms in total. The number of terminal acetylenes is 1. The number of hydrogen-bond donors (Lipinski definition) is 2. The molecule has 0 atom stereocenters. The van der Waals surface area contributed by atoms with E-state index < -0.39 is 10.0 Å². The van der Waals surface area contributed by atoms with Crippen LogP contribution in [0.5, 0.6) is 0 Å². The maximum absolute atomic E-state index is 11.9. The monoisotopic (exact) mass is 318 g/mol. The number of nitrogens with one attached hydrogen (secondary N) is 2. The van der Waals surface area contributed by atoms with Gasteiger partial charge in [-0.05, 0) is 36.4 Å². The first-order chi connectivity index (χ1) is 10.5. The Hall–Kier alpha value is -2.56. The molecule has 0 fully saturated rings. The Morgan fingerprint density at radius 1 is 1.23 bits per heavy atom. The number of sulfonamides is 1. The number of carbonyl (C=O) groups excluding carboxylic acids is 1. The Bertz CT molecular complexity index is 772. The molecule has 2 aromatic rings. The summed E-state index contributed by atoms with van der Waals surface area (Å²) in [5.74, 6) is 2.50. The first-order valence-electron chi connectivity index (χ1n) is 6.37. The average molecular weight is 318 g/mol. The molecule has 1 aromatic heterocycles. The summed E-state index contributed by atoms with van der Waals surface area (Å²) in [5.41, 5.74) is 0.349. The van der Waals surface area contributed by atoms with Crippen molar-refractivity contribution in [3.05, 3.63) is 54.0 Å². The predicted molar refractivity (Wildman–Crippen MR) is 80.3 cm³/mol. The van der Waals surface area contributed by atoms with Crippen molar-refractivity contribution >= 4 is 15.9 Å². The van der Waals surface area contributed by atoms with E-state index in [0.717, 1.165) is 0 Å². The maximum atomic E-state index is 11.9. The van der Waals surface area contributed by atoms with Gasteiger partial charge in [-0.25, -0.2) is 8.42 Å². The van der Waals surface area contributed by atoms with Crippen LogP contribution in [-0.4, -0.2) is 20.9 Å². The van der Waals surface area contributed by atoms with Crippen LogP contribution in [0.4, 0.5) is 0 Å². The largest absolute Gasteiger partial charge is 0.467 e. The predicted octanol–water partition coefficient (Wildman–Crippen LogP) is 1.12. The van der Waals surface area contributed by atoms with Crippen LogP contribution in [0.1, 0.15) is 16.1 Å². The van der Waals surface area contributed by atoms with E-state index in [1.165, 1.54) is 30.5 Å². The van der Waals surface area contributed by atoms with Gasteiger partial charge in [0, 0.05) is 5.56 Å². The van der Waals surface area contributed by atoms with Crippen molar-refractivity contribution in [3.8, 4) is 12.3 Å². The molecule has 7 heteroatoms. The zero-order valence-corrected chi connectivity index (χ0v) is 12.4. The fourth-order valence-corrected chi connectivity index (χ4v) is 2.62. The normalized spacial score (nSPS) is 10.9. The zero-order valence-electron chi connectivity index (χ0n) is 11.6. The fourth-order valence-electron chi connectivity index (χ4n) is 1.69. The van der Waals surface area contributed by atoms with Crippen LogP contribution in [0.2, 0.25) is 0 Å². The summed E-state index contributed by atoms with van der Waals surface area (Å²) in [5, 5.41) is 2.67. The molecule has 1 heterocycles. The van der Waals surface area contributed by atoms with Crippen LogP contribution in [0.3, 0.4) is 0 Å². The molecule has 0 unspecified atom stereocenters. The second kappa shape index (κ2) is 6.93. The second-order valence-electron chi connectivity index (χ2n) is 4.32. The van der Waals surface area contributed by atoms with Gasteiger partial charge in [-0.15, -0.1) is 6.42 Å². The smallest absolute Gasteiger partial charge is 0.251 e. The third kappa shape index (κ3) is 3.97. The van der Waals surface area contributed by atoms with Crippen molar-refractivity contribution in [2.45, 2.75) is 11.4 Å². The van der Waals surface area contributed by atoms with E-state index in [-0.39, 0.29) is 23.9 Å². The molecule has 0 aliphatic carbocycles. The van der Waals surface area contributed by atoms with Gasteiger partial charge in [0.05, 0.1) is 24.2 Å². The van der Waals surface area contributed by atoms with Gasteiger partial charge in [0.1, 0.15) is 5.76 Å². The molecule has 1 aromatic carbocycles. The Balaban J connectivity index is 2.02. The van der Waals surface area contributed by atoms with Gasteiger partial charge in [-0.1, -0.05) is 5.92 Å². The van der Waals surface area contributed by atoms with Crippen molar-refractivity contribution in [1.29, 1.82) is 0 Å². The molecule has 0 saturated heterocycles. The summed E-state index contributed by atoms with van der Waals surface area (Å²) >= 11 is 0. The first kappa shape index (κ1) is 15.8. The molecule has 114 valence electrons. The van der Waals surface area contributed by atoms with Gasteiger partial charge in [-0.2, -0.15) is 4.72 Å². The van der Waals surface area contributed by atoms with Gasteiger partial charge in [-0.3, -0.25) is 4.79 Å². The van der Waals surface area contributed by atoms with Gasteiger partial charge in [0.25, 0.3) is 5.91 Å². The lowest BCUT2D eigenvalue weighted by Crippen LogP contribution is -2.25. The molecule has 0 aliphatic rings. The first-order valence-corrected chi connectivity index (χ1v) is 7.85. The molecular weight excluding hydrogens is 304 g/mol. The van der Waals surface area contributed by atoms with Gasteiger partial charge >= 0.3 is 0 Å². The molecule has 0 radical (unpaired) electrons. The molecule has 22 heavy (non-hydrogen) atoms. The number of furan rings is 1. The lowest BCUT2D eigenvalue weighted by atomic mass is 10.2. The third-order valence-electron chi connectivity index (χ3n) is 2.79. The lowest BCUT2D eigenvalue weighted by Gasteiger charge is -2.06. The second-order valence-corrected chi connectivity index (χ2v) is 6.08. The summed E-state index contributed by atoms with van der Waals surface area (Å²) in [6, 6.07) is 9.03. The average Bonchev–Trinajstić information content (AvgIpc) is 3.04. The summed E-state index contributed by atoms with van der Waals surface area (Å²) in [6.45, 7) is 0.170. The van der Waals surface area contributed by atoms with Crippen LogP contribution >= 0.6 is 0 Å². The van der Waals surface area contributed by atoms with E-state index >= 15 is 0 Å². The van der Waals surface area contributed by atoms with E-state index in [2.05, 4.69) is 16.0 Å². The van der Waals surface area contributed by atoms with Gasteiger partial charge in [0.2, 0.25) is 10.0 Å². The summed E-state index contributed by atoms with van der Waals surface area (Å²) in [4.78, 5) is 12.0. The highest BCUT2D eigenvalue weighted by Crippen LogP contribution is 2.10.